The van der Waals surface area contributed by atoms with E-state index in [0.29, 0.717) is 6.42 Å². The summed E-state index contributed by atoms with van der Waals surface area (Å²) in [6.07, 6.45) is 4.29. The highest BCUT2D eigenvalue weighted by Gasteiger charge is 2.14. The molecule has 0 saturated carbocycles. The van der Waals surface area contributed by atoms with Crippen LogP contribution in [0.4, 0.5) is 0 Å². The number of pyridine rings is 2. The van der Waals surface area contributed by atoms with Crippen LogP contribution < -0.4 is 5.73 Å². The van der Waals surface area contributed by atoms with Crippen LogP contribution in [0.15, 0.2) is 57.7 Å². The highest BCUT2D eigenvalue weighted by atomic mass is 79.9. The van der Waals surface area contributed by atoms with Crippen LogP contribution in [-0.2, 0) is 6.42 Å². The van der Waals surface area contributed by atoms with E-state index in [2.05, 4.69) is 47.9 Å². The maximum absolute atomic E-state index is 6.33. The maximum atomic E-state index is 6.33. The minimum atomic E-state index is -0.180. The van der Waals surface area contributed by atoms with E-state index < -0.39 is 0 Å². The maximum Gasteiger partial charge on any atom is 0.0723 e. The van der Waals surface area contributed by atoms with Crippen molar-refractivity contribution in [3.05, 3.63) is 69.0 Å². The van der Waals surface area contributed by atoms with Crippen LogP contribution in [0.5, 0.6) is 0 Å². The van der Waals surface area contributed by atoms with Gasteiger partial charge in [-0.1, -0.05) is 18.2 Å². The normalized spacial score (nSPS) is 12.5. The smallest absolute Gasteiger partial charge is 0.0723 e. The Bertz CT molecular complexity index is 789. The highest BCUT2D eigenvalue weighted by molar-refractivity contribution is 9.10. The molecule has 2 heterocycles. The molecule has 0 aliphatic rings. The van der Waals surface area contributed by atoms with Crippen molar-refractivity contribution in [2.24, 2.45) is 5.73 Å². The number of nitrogens with zero attached hydrogens (tertiary/aromatic N) is 2. The van der Waals surface area contributed by atoms with E-state index >= 15 is 0 Å². The average Bonchev–Trinajstić information content (AvgIpc) is 2.46. The molecule has 1 unspecified atom stereocenters. The van der Waals surface area contributed by atoms with Crippen LogP contribution >= 0.6 is 31.9 Å². The molecular weight excluding hydrogens is 394 g/mol. The number of fused-ring (bicyclic) bond motifs is 1. The van der Waals surface area contributed by atoms with Gasteiger partial charge in [0.2, 0.25) is 0 Å². The second kappa shape index (κ2) is 6.22. The molecule has 21 heavy (non-hydrogen) atoms. The Morgan fingerprint density at radius 1 is 1.10 bits per heavy atom. The average molecular weight is 407 g/mol. The first-order valence-electron chi connectivity index (χ1n) is 6.53. The van der Waals surface area contributed by atoms with Gasteiger partial charge in [-0.15, -0.1) is 0 Å². The van der Waals surface area contributed by atoms with Gasteiger partial charge in [0.25, 0.3) is 0 Å². The number of hydrogen-bond acceptors (Lipinski definition) is 3. The van der Waals surface area contributed by atoms with Gasteiger partial charge in [0.15, 0.2) is 0 Å². The SMILES string of the molecule is NC(Cc1cncc(Br)c1)c1nc2ccccc2cc1Br. The van der Waals surface area contributed by atoms with Crippen molar-refractivity contribution in [1.82, 2.24) is 9.97 Å². The molecule has 0 amide bonds. The molecular formula is C16H13Br2N3. The molecule has 1 aromatic carbocycles. The number of nitrogens with two attached hydrogens (primary N) is 1. The summed E-state index contributed by atoms with van der Waals surface area (Å²) < 4.78 is 1.90. The third kappa shape index (κ3) is 3.31. The topological polar surface area (TPSA) is 51.8 Å². The molecule has 2 N–H and O–H groups in total. The molecule has 0 saturated heterocycles. The minimum absolute atomic E-state index is 0.180. The lowest BCUT2D eigenvalue weighted by molar-refractivity contribution is 0.694. The molecule has 0 radical (unpaired) electrons. The van der Waals surface area contributed by atoms with Crippen molar-refractivity contribution < 1.29 is 0 Å². The zero-order chi connectivity index (χ0) is 14.8. The Labute approximate surface area is 139 Å². The number of para-hydroxylation sites is 1. The predicted molar refractivity (Wildman–Crippen MR) is 92.0 cm³/mol. The summed E-state index contributed by atoms with van der Waals surface area (Å²) in [6.45, 7) is 0. The predicted octanol–water partition coefficient (Wildman–Crippen LogP) is 4.40. The Morgan fingerprint density at radius 2 is 1.90 bits per heavy atom. The number of halogens is 2. The third-order valence-corrected chi connectivity index (χ3v) is 4.34. The fraction of sp³-hybridized carbons (Fsp3) is 0.125. The zero-order valence-corrected chi connectivity index (χ0v) is 14.3. The molecule has 1 atom stereocenters. The van der Waals surface area contributed by atoms with Crippen molar-refractivity contribution in [2.45, 2.75) is 12.5 Å². The molecule has 5 heteroatoms. The van der Waals surface area contributed by atoms with E-state index in [0.717, 1.165) is 31.1 Å². The summed E-state index contributed by atoms with van der Waals surface area (Å²) in [5.41, 5.74) is 9.24. The summed E-state index contributed by atoms with van der Waals surface area (Å²) in [5.74, 6) is 0. The lowest BCUT2D eigenvalue weighted by Gasteiger charge is -2.14. The molecule has 0 aliphatic carbocycles. The van der Waals surface area contributed by atoms with Crippen LogP contribution in [0.3, 0.4) is 0 Å². The zero-order valence-electron chi connectivity index (χ0n) is 11.1. The molecule has 0 bridgehead atoms. The lowest BCUT2D eigenvalue weighted by Crippen LogP contribution is -2.16. The number of rotatable bonds is 3. The van der Waals surface area contributed by atoms with E-state index in [9.17, 15) is 0 Å². The van der Waals surface area contributed by atoms with Gasteiger partial charge in [-0.05, 0) is 62.0 Å². The van der Waals surface area contributed by atoms with E-state index in [1.54, 1.807) is 6.20 Å². The van der Waals surface area contributed by atoms with E-state index in [4.69, 9.17) is 5.73 Å². The Morgan fingerprint density at radius 3 is 2.71 bits per heavy atom. The first kappa shape index (κ1) is 14.6. The van der Waals surface area contributed by atoms with Gasteiger partial charge in [0, 0.05) is 26.7 Å². The fourth-order valence-electron chi connectivity index (χ4n) is 2.28. The monoisotopic (exact) mass is 405 g/mol. The highest BCUT2D eigenvalue weighted by Crippen LogP contribution is 2.27. The summed E-state index contributed by atoms with van der Waals surface area (Å²) in [4.78, 5) is 8.86. The second-order valence-electron chi connectivity index (χ2n) is 4.87. The summed E-state index contributed by atoms with van der Waals surface area (Å²) in [6, 6.07) is 11.9. The second-order valence-corrected chi connectivity index (χ2v) is 6.64. The number of hydrogen-bond donors (Lipinski definition) is 1. The van der Waals surface area contributed by atoms with Gasteiger partial charge >= 0.3 is 0 Å². The van der Waals surface area contributed by atoms with Crippen LogP contribution in [0.1, 0.15) is 17.3 Å². The number of benzene rings is 1. The minimum Gasteiger partial charge on any atom is -0.322 e. The lowest BCUT2D eigenvalue weighted by atomic mass is 10.0. The standard InChI is InChI=1S/C16H13Br2N3/c17-12-5-10(8-20-9-12)6-14(19)16-13(18)7-11-3-1-2-4-15(11)21-16/h1-5,7-9,14H,6,19H2. The van der Waals surface area contributed by atoms with E-state index in [1.807, 2.05) is 36.5 Å². The fourth-order valence-corrected chi connectivity index (χ4v) is 3.32. The van der Waals surface area contributed by atoms with Crippen LogP contribution in [-0.4, -0.2) is 9.97 Å². The van der Waals surface area contributed by atoms with E-state index in [-0.39, 0.29) is 6.04 Å². The largest absolute Gasteiger partial charge is 0.322 e. The van der Waals surface area contributed by atoms with Crippen molar-refractivity contribution in [3.63, 3.8) is 0 Å². The van der Waals surface area contributed by atoms with Crippen molar-refractivity contribution in [3.8, 4) is 0 Å². The van der Waals surface area contributed by atoms with Gasteiger partial charge < -0.3 is 5.73 Å². The molecule has 0 aliphatic heterocycles. The van der Waals surface area contributed by atoms with Gasteiger partial charge in [-0.3, -0.25) is 4.98 Å². The Balaban J connectivity index is 1.93. The Kier molecular flexibility index (Phi) is 4.33. The first-order valence-corrected chi connectivity index (χ1v) is 8.12. The van der Waals surface area contributed by atoms with Gasteiger partial charge in [-0.25, -0.2) is 4.98 Å². The molecule has 0 spiro atoms. The van der Waals surface area contributed by atoms with Crippen LogP contribution in [0.25, 0.3) is 10.9 Å². The molecule has 3 aromatic rings. The number of aromatic nitrogens is 2. The molecule has 106 valence electrons. The van der Waals surface area contributed by atoms with Crippen LogP contribution in [0.2, 0.25) is 0 Å². The van der Waals surface area contributed by atoms with Gasteiger partial charge in [0.1, 0.15) is 0 Å². The van der Waals surface area contributed by atoms with Crippen molar-refractivity contribution in [1.29, 1.82) is 0 Å². The van der Waals surface area contributed by atoms with Crippen LogP contribution in [0, 0.1) is 0 Å². The summed E-state index contributed by atoms with van der Waals surface area (Å²) >= 11 is 7.01. The first-order chi connectivity index (χ1) is 10.1. The molecule has 0 fully saturated rings. The Hall–Kier alpha value is -1.30. The third-order valence-electron chi connectivity index (χ3n) is 3.27. The molecule has 3 nitrogen and oxygen atoms in total. The summed E-state index contributed by atoms with van der Waals surface area (Å²) in [5, 5.41) is 1.10. The quantitative estimate of drug-likeness (QED) is 0.701. The molecule has 3 rings (SSSR count). The molecule has 2 aromatic heterocycles. The summed E-state index contributed by atoms with van der Waals surface area (Å²) in [7, 11) is 0. The van der Waals surface area contributed by atoms with Gasteiger partial charge in [-0.2, -0.15) is 0 Å². The van der Waals surface area contributed by atoms with Crippen molar-refractivity contribution >= 4 is 42.8 Å². The van der Waals surface area contributed by atoms with E-state index in [1.165, 1.54) is 0 Å². The van der Waals surface area contributed by atoms with Crippen molar-refractivity contribution in [2.75, 3.05) is 0 Å². The van der Waals surface area contributed by atoms with Gasteiger partial charge in [0.05, 0.1) is 17.3 Å².